The van der Waals surface area contributed by atoms with Crippen molar-refractivity contribution < 1.29 is 9.18 Å². The summed E-state index contributed by atoms with van der Waals surface area (Å²) in [5.41, 5.74) is 8.77. The number of hydrogen-bond donors (Lipinski definition) is 2. The normalized spacial score (nSPS) is 20.9. The number of anilines is 1. The van der Waals surface area contributed by atoms with Gasteiger partial charge in [-0.1, -0.05) is 19.9 Å². The second kappa shape index (κ2) is 7.98. The molecule has 7 heteroatoms. The zero-order chi connectivity index (χ0) is 22.2. The number of rotatable bonds is 4. The van der Waals surface area contributed by atoms with Crippen molar-refractivity contribution >= 4 is 11.5 Å². The van der Waals surface area contributed by atoms with Gasteiger partial charge in [-0.15, -0.1) is 0 Å². The molecule has 2 aromatic heterocycles. The Balaban J connectivity index is 1.76. The van der Waals surface area contributed by atoms with Crippen molar-refractivity contribution in [2.24, 2.45) is 11.1 Å². The average Bonchev–Trinajstić information content (AvgIpc) is 3.12. The van der Waals surface area contributed by atoms with Crippen molar-refractivity contribution in [3.63, 3.8) is 0 Å². The van der Waals surface area contributed by atoms with E-state index >= 15 is 4.39 Å². The lowest BCUT2D eigenvalue weighted by Crippen LogP contribution is -2.33. The van der Waals surface area contributed by atoms with Crippen LogP contribution in [-0.2, 0) is 6.42 Å². The first kappa shape index (κ1) is 20.8. The van der Waals surface area contributed by atoms with E-state index in [2.05, 4.69) is 10.3 Å². The quantitative estimate of drug-likeness (QED) is 0.568. The molecule has 2 aromatic rings. The van der Waals surface area contributed by atoms with Gasteiger partial charge in [0, 0.05) is 17.2 Å². The van der Waals surface area contributed by atoms with Crippen LogP contribution in [0.2, 0.25) is 0 Å². The molecule has 1 atom stereocenters. The van der Waals surface area contributed by atoms with Gasteiger partial charge >= 0.3 is 0 Å². The molecule has 0 amide bonds. The van der Waals surface area contributed by atoms with Gasteiger partial charge in [0.15, 0.2) is 5.78 Å². The summed E-state index contributed by atoms with van der Waals surface area (Å²) in [6.45, 7) is 5.74. The third kappa shape index (κ3) is 3.71. The number of nitrogens with two attached hydrogens (primary N) is 1. The van der Waals surface area contributed by atoms with Crippen molar-refractivity contribution in [3.05, 3.63) is 89.2 Å². The van der Waals surface area contributed by atoms with Crippen LogP contribution in [0.15, 0.2) is 72.2 Å². The number of carbonyl (C=O) groups excluding carboxylic acids is 1. The standard InChI is InChI=1S/C24H26FN5O/c1-15(6-4-12-26)20-22(25)30(16-7-5-13-27-14-16)23(29-20)19-9-8-17-18(28-19)10-11-24(2,3)21(17)31/h4-9,12-14,23,29H,10-11,26H2,1-3H3/b12-4-,15-6+. The van der Waals surface area contributed by atoms with E-state index in [9.17, 15) is 4.79 Å². The highest BCUT2D eigenvalue weighted by atomic mass is 19.1. The van der Waals surface area contributed by atoms with Crippen LogP contribution in [0.5, 0.6) is 0 Å². The van der Waals surface area contributed by atoms with Crippen LogP contribution < -0.4 is 16.0 Å². The molecule has 0 aromatic carbocycles. The number of carbonyl (C=O) groups is 1. The Morgan fingerprint density at radius 2 is 2.16 bits per heavy atom. The Morgan fingerprint density at radius 3 is 2.87 bits per heavy atom. The van der Waals surface area contributed by atoms with Gasteiger partial charge in [0.05, 0.1) is 29.0 Å². The fourth-order valence-electron chi connectivity index (χ4n) is 4.00. The van der Waals surface area contributed by atoms with E-state index in [0.717, 1.165) is 12.1 Å². The number of allylic oxidation sites excluding steroid dienone is 3. The van der Waals surface area contributed by atoms with Crippen molar-refractivity contribution in [3.8, 4) is 0 Å². The van der Waals surface area contributed by atoms with Crippen molar-refractivity contribution in [1.82, 2.24) is 15.3 Å². The van der Waals surface area contributed by atoms with E-state index in [1.807, 2.05) is 26.8 Å². The highest BCUT2D eigenvalue weighted by Crippen LogP contribution is 2.39. The Bertz CT molecular complexity index is 1100. The Hall–Kier alpha value is -3.48. The largest absolute Gasteiger partial charge is 0.405 e. The van der Waals surface area contributed by atoms with Crippen LogP contribution in [0, 0.1) is 5.41 Å². The van der Waals surface area contributed by atoms with Gasteiger partial charge in [0.1, 0.15) is 6.17 Å². The van der Waals surface area contributed by atoms with Gasteiger partial charge < -0.3 is 11.1 Å². The highest BCUT2D eigenvalue weighted by Gasteiger charge is 2.38. The first-order valence-electron chi connectivity index (χ1n) is 10.3. The summed E-state index contributed by atoms with van der Waals surface area (Å²) in [4.78, 5) is 23.2. The van der Waals surface area contributed by atoms with E-state index < -0.39 is 12.1 Å². The van der Waals surface area contributed by atoms with Gasteiger partial charge in [0.2, 0.25) is 5.95 Å². The zero-order valence-corrected chi connectivity index (χ0v) is 17.9. The average molecular weight is 420 g/mol. The fourth-order valence-corrected chi connectivity index (χ4v) is 4.00. The number of fused-ring (bicyclic) bond motifs is 1. The Labute approximate surface area is 181 Å². The minimum atomic E-state index is -0.570. The van der Waals surface area contributed by atoms with Crippen molar-refractivity contribution in [2.45, 2.75) is 39.8 Å². The topological polar surface area (TPSA) is 84.1 Å². The lowest BCUT2D eigenvalue weighted by atomic mass is 9.75. The zero-order valence-electron chi connectivity index (χ0n) is 17.9. The van der Waals surface area contributed by atoms with Gasteiger partial charge in [-0.25, -0.2) is 0 Å². The molecule has 1 aliphatic carbocycles. The number of aryl methyl sites for hydroxylation is 1. The molecule has 31 heavy (non-hydrogen) atoms. The number of hydrogen-bond acceptors (Lipinski definition) is 6. The summed E-state index contributed by atoms with van der Waals surface area (Å²) < 4.78 is 15.6. The predicted molar refractivity (Wildman–Crippen MR) is 118 cm³/mol. The van der Waals surface area contributed by atoms with E-state index in [4.69, 9.17) is 10.7 Å². The molecular weight excluding hydrogens is 393 g/mol. The molecular formula is C24H26FN5O. The molecule has 0 saturated heterocycles. The van der Waals surface area contributed by atoms with Crippen LogP contribution in [0.4, 0.5) is 10.1 Å². The molecule has 0 fully saturated rings. The number of halogens is 1. The maximum atomic E-state index is 15.6. The van der Waals surface area contributed by atoms with Crippen LogP contribution in [0.1, 0.15) is 55.1 Å². The second-order valence-electron chi connectivity index (χ2n) is 8.47. The van der Waals surface area contributed by atoms with Gasteiger partial charge in [-0.05, 0) is 61.9 Å². The van der Waals surface area contributed by atoms with Gasteiger partial charge in [0.25, 0.3) is 0 Å². The first-order valence-corrected chi connectivity index (χ1v) is 10.3. The van der Waals surface area contributed by atoms with E-state index in [-0.39, 0.29) is 11.2 Å². The fraction of sp³-hybridized carbons (Fsp3) is 0.292. The van der Waals surface area contributed by atoms with E-state index in [1.54, 1.807) is 42.7 Å². The Kier molecular flexibility index (Phi) is 5.35. The van der Waals surface area contributed by atoms with E-state index in [0.29, 0.717) is 34.6 Å². The number of nitrogens with one attached hydrogen (secondary N) is 1. The molecule has 2 aliphatic rings. The lowest BCUT2D eigenvalue weighted by molar-refractivity contribution is 0.0809. The van der Waals surface area contributed by atoms with Gasteiger partial charge in [-0.2, -0.15) is 4.39 Å². The minimum absolute atomic E-state index is 0.105. The lowest BCUT2D eigenvalue weighted by Gasteiger charge is -2.30. The molecule has 1 aliphatic heterocycles. The summed E-state index contributed by atoms with van der Waals surface area (Å²) in [7, 11) is 0. The summed E-state index contributed by atoms with van der Waals surface area (Å²) in [5, 5.41) is 3.26. The number of nitrogens with zero attached hydrogens (tertiary/aromatic N) is 3. The maximum absolute atomic E-state index is 15.6. The van der Waals surface area contributed by atoms with Crippen molar-refractivity contribution in [1.29, 1.82) is 0 Å². The number of aromatic nitrogens is 2. The molecule has 0 bridgehead atoms. The molecule has 1 unspecified atom stereocenters. The molecule has 6 nitrogen and oxygen atoms in total. The monoisotopic (exact) mass is 419 g/mol. The minimum Gasteiger partial charge on any atom is -0.405 e. The molecule has 3 heterocycles. The van der Waals surface area contributed by atoms with Gasteiger partial charge in [-0.3, -0.25) is 19.7 Å². The number of Topliss-reactive ketones (excluding diaryl/α,β-unsaturated/α-hetero) is 1. The van der Waals surface area contributed by atoms with E-state index in [1.165, 1.54) is 11.1 Å². The third-order valence-electron chi connectivity index (χ3n) is 5.85. The molecule has 0 saturated carbocycles. The third-order valence-corrected chi connectivity index (χ3v) is 5.85. The number of ketones is 1. The Morgan fingerprint density at radius 1 is 1.35 bits per heavy atom. The smallest absolute Gasteiger partial charge is 0.219 e. The SMILES string of the molecule is C/C(=C\C=C/N)C1=C(F)N(c2cccnc2)C(c2ccc3c(n2)CCC(C)(C)C3=O)N1. The molecule has 4 rings (SSSR count). The van der Waals surface area contributed by atoms with Crippen LogP contribution in [0.3, 0.4) is 0 Å². The molecule has 0 radical (unpaired) electrons. The van der Waals surface area contributed by atoms with Crippen LogP contribution in [0.25, 0.3) is 0 Å². The summed E-state index contributed by atoms with van der Waals surface area (Å²) in [6.07, 6.45) is 8.94. The van der Waals surface area contributed by atoms with Crippen LogP contribution >= 0.6 is 0 Å². The van der Waals surface area contributed by atoms with Crippen LogP contribution in [-0.4, -0.2) is 15.8 Å². The number of pyridine rings is 2. The second-order valence-corrected chi connectivity index (χ2v) is 8.47. The van der Waals surface area contributed by atoms with Crippen molar-refractivity contribution in [2.75, 3.05) is 4.90 Å². The summed E-state index contributed by atoms with van der Waals surface area (Å²) in [5.74, 6) is -0.317. The first-order chi connectivity index (χ1) is 14.8. The maximum Gasteiger partial charge on any atom is 0.219 e. The summed E-state index contributed by atoms with van der Waals surface area (Å²) in [6, 6.07) is 7.18. The summed E-state index contributed by atoms with van der Waals surface area (Å²) >= 11 is 0. The molecule has 160 valence electrons. The predicted octanol–water partition coefficient (Wildman–Crippen LogP) is 4.30. The molecule has 0 spiro atoms. The highest BCUT2D eigenvalue weighted by molar-refractivity contribution is 6.01. The molecule has 3 N–H and O–H groups in total.